The zero-order valence-electron chi connectivity index (χ0n) is 11.4. The molecule has 2 aliphatic carbocycles. The summed E-state index contributed by atoms with van der Waals surface area (Å²) >= 11 is 0. The van der Waals surface area contributed by atoms with E-state index in [4.69, 9.17) is 0 Å². The van der Waals surface area contributed by atoms with E-state index in [-0.39, 0.29) is 11.3 Å². The lowest BCUT2D eigenvalue weighted by molar-refractivity contribution is -0.114. The molecule has 1 heterocycles. The molecule has 5 heteroatoms. The van der Waals surface area contributed by atoms with Crippen molar-refractivity contribution >= 4 is 17.4 Å². The van der Waals surface area contributed by atoms with Crippen LogP contribution in [0.25, 0.3) is 0 Å². The standard InChI is InChI=1S/C16H15F2NO2/c17-11-5-12(18)14-13(6-11)19(16(21)15(14)20)7-10-4-8-1-2-9(10)3-8/h5-6,8-10H,1-4,7H2. The molecule has 2 bridgehead atoms. The van der Waals surface area contributed by atoms with E-state index in [1.54, 1.807) is 0 Å². The number of benzene rings is 1. The Morgan fingerprint density at radius 3 is 2.62 bits per heavy atom. The van der Waals surface area contributed by atoms with Crippen molar-refractivity contribution < 1.29 is 18.4 Å². The van der Waals surface area contributed by atoms with Gasteiger partial charge in [-0.3, -0.25) is 9.59 Å². The molecule has 0 aromatic heterocycles. The van der Waals surface area contributed by atoms with Crippen LogP contribution in [0.3, 0.4) is 0 Å². The summed E-state index contributed by atoms with van der Waals surface area (Å²) in [5.41, 5.74) is -0.171. The van der Waals surface area contributed by atoms with E-state index in [1.807, 2.05) is 0 Å². The van der Waals surface area contributed by atoms with Gasteiger partial charge in [-0.1, -0.05) is 6.42 Å². The van der Waals surface area contributed by atoms with Crippen molar-refractivity contribution in [2.45, 2.75) is 25.7 Å². The van der Waals surface area contributed by atoms with Crippen LogP contribution in [0.2, 0.25) is 0 Å². The molecule has 110 valence electrons. The first-order chi connectivity index (χ1) is 10.0. The maximum atomic E-state index is 13.8. The van der Waals surface area contributed by atoms with E-state index in [0.29, 0.717) is 24.4 Å². The van der Waals surface area contributed by atoms with E-state index in [0.717, 1.165) is 24.8 Å². The SMILES string of the molecule is O=C1C(=O)N(CC2CC3CCC2C3)c2cc(F)cc(F)c21. The molecule has 2 saturated carbocycles. The van der Waals surface area contributed by atoms with Crippen molar-refractivity contribution in [3.8, 4) is 0 Å². The molecule has 21 heavy (non-hydrogen) atoms. The smallest absolute Gasteiger partial charge is 0.299 e. The summed E-state index contributed by atoms with van der Waals surface area (Å²) in [5.74, 6) is -1.64. The van der Waals surface area contributed by atoms with E-state index in [9.17, 15) is 18.4 Å². The second-order valence-corrected chi connectivity index (χ2v) is 6.46. The van der Waals surface area contributed by atoms with Gasteiger partial charge in [-0.25, -0.2) is 8.78 Å². The first-order valence-electron chi connectivity index (χ1n) is 7.40. The monoisotopic (exact) mass is 291 g/mol. The Kier molecular flexibility index (Phi) is 2.68. The third-order valence-corrected chi connectivity index (χ3v) is 5.29. The average Bonchev–Trinajstić information content (AvgIpc) is 3.09. The quantitative estimate of drug-likeness (QED) is 0.786. The summed E-state index contributed by atoms with van der Waals surface area (Å²) in [6.07, 6.45) is 4.64. The maximum Gasteiger partial charge on any atom is 0.299 e. The minimum Gasteiger partial charge on any atom is -0.304 e. The summed E-state index contributed by atoms with van der Waals surface area (Å²) in [7, 11) is 0. The molecule has 3 nitrogen and oxygen atoms in total. The van der Waals surface area contributed by atoms with Crippen molar-refractivity contribution in [3.63, 3.8) is 0 Å². The molecule has 0 radical (unpaired) electrons. The molecule has 0 N–H and O–H groups in total. The number of carbonyl (C=O) groups excluding carboxylic acids is 2. The second kappa shape index (κ2) is 4.36. The summed E-state index contributed by atoms with van der Waals surface area (Å²) < 4.78 is 27.2. The Hall–Kier alpha value is -1.78. The Morgan fingerprint density at radius 2 is 1.95 bits per heavy atom. The third-order valence-electron chi connectivity index (χ3n) is 5.29. The lowest BCUT2D eigenvalue weighted by Crippen LogP contribution is -2.36. The maximum absolute atomic E-state index is 13.8. The van der Waals surface area contributed by atoms with E-state index >= 15 is 0 Å². The van der Waals surface area contributed by atoms with E-state index < -0.39 is 23.3 Å². The van der Waals surface area contributed by atoms with E-state index in [2.05, 4.69) is 0 Å². The molecule has 0 spiro atoms. The average molecular weight is 291 g/mol. The summed E-state index contributed by atoms with van der Waals surface area (Å²) in [6.45, 7) is 0.404. The molecule has 1 aromatic rings. The van der Waals surface area contributed by atoms with Crippen LogP contribution in [0.1, 0.15) is 36.0 Å². The van der Waals surface area contributed by atoms with Gasteiger partial charge in [-0.2, -0.15) is 0 Å². The van der Waals surface area contributed by atoms with Crippen LogP contribution in [0, 0.1) is 29.4 Å². The summed E-state index contributed by atoms with van der Waals surface area (Å²) in [6, 6.07) is 1.75. The number of fused-ring (bicyclic) bond motifs is 3. The number of amides is 1. The number of halogens is 2. The highest BCUT2D eigenvalue weighted by Gasteiger charge is 2.44. The van der Waals surface area contributed by atoms with Crippen LogP contribution < -0.4 is 4.90 Å². The van der Waals surface area contributed by atoms with Gasteiger partial charge in [0.05, 0.1) is 11.3 Å². The molecule has 1 aromatic carbocycles. The van der Waals surface area contributed by atoms with Gasteiger partial charge in [0.15, 0.2) is 0 Å². The fourth-order valence-corrected chi connectivity index (χ4v) is 4.35. The minimum atomic E-state index is -0.946. The molecule has 1 amide bonds. The van der Waals surface area contributed by atoms with Crippen molar-refractivity contribution in [3.05, 3.63) is 29.3 Å². The normalized spacial score (nSPS) is 30.4. The highest BCUT2D eigenvalue weighted by atomic mass is 19.1. The highest BCUT2D eigenvalue weighted by molar-refractivity contribution is 6.52. The largest absolute Gasteiger partial charge is 0.304 e. The fourth-order valence-electron chi connectivity index (χ4n) is 4.35. The molecular weight excluding hydrogens is 276 g/mol. The summed E-state index contributed by atoms with van der Waals surface area (Å²) in [5, 5.41) is 0. The van der Waals surface area contributed by atoms with Crippen LogP contribution in [0.15, 0.2) is 12.1 Å². The molecule has 1 aliphatic heterocycles. The number of rotatable bonds is 2. The molecule has 3 atom stereocenters. The topological polar surface area (TPSA) is 37.4 Å². The van der Waals surface area contributed by atoms with Crippen molar-refractivity contribution in [2.75, 3.05) is 11.4 Å². The molecule has 3 unspecified atom stereocenters. The van der Waals surface area contributed by atoms with Gasteiger partial charge in [0.25, 0.3) is 11.7 Å². The summed E-state index contributed by atoms with van der Waals surface area (Å²) in [4.78, 5) is 25.3. The predicted molar refractivity (Wildman–Crippen MR) is 72.0 cm³/mol. The Labute approximate surface area is 120 Å². The first kappa shape index (κ1) is 12.9. The highest BCUT2D eigenvalue weighted by Crippen LogP contribution is 2.49. The molecular formula is C16H15F2NO2. The van der Waals surface area contributed by atoms with Crippen LogP contribution in [-0.2, 0) is 4.79 Å². The number of hydrogen-bond acceptors (Lipinski definition) is 2. The lowest BCUT2D eigenvalue weighted by atomic mass is 9.88. The molecule has 3 aliphatic rings. The molecule has 0 saturated heterocycles. The van der Waals surface area contributed by atoms with Gasteiger partial charge in [-0.15, -0.1) is 0 Å². The Morgan fingerprint density at radius 1 is 1.14 bits per heavy atom. The van der Waals surface area contributed by atoms with Gasteiger partial charge in [0, 0.05) is 12.6 Å². The van der Waals surface area contributed by atoms with Gasteiger partial charge < -0.3 is 4.90 Å². The minimum absolute atomic E-state index is 0.102. The second-order valence-electron chi connectivity index (χ2n) is 6.46. The molecule has 2 fully saturated rings. The van der Waals surface area contributed by atoms with Crippen LogP contribution in [-0.4, -0.2) is 18.2 Å². The number of ketones is 1. The number of nitrogens with zero attached hydrogens (tertiary/aromatic N) is 1. The van der Waals surface area contributed by atoms with Crippen LogP contribution in [0.5, 0.6) is 0 Å². The van der Waals surface area contributed by atoms with Gasteiger partial charge in [0.2, 0.25) is 0 Å². The van der Waals surface area contributed by atoms with Gasteiger partial charge in [0.1, 0.15) is 11.6 Å². The van der Waals surface area contributed by atoms with Crippen LogP contribution in [0.4, 0.5) is 14.5 Å². The number of anilines is 1. The number of hydrogen-bond donors (Lipinski definition) is 0. The van der Waals surface area contributed by atoms with Crippen LogP contribution >= 0.6 is 0 Å². The van der Waals surface area contributed by atoms with E-state index in [1.165, 1.54) is 17.7 Å². The Balaban J connectivity index is 1.68. The van der Waals surface area contributed by atoms with Crippen molar-refractivity contribution in [1.82, 2.24) is 0 Å². The van der Waals surface area contributed by atoms with Crippen molar-refractivity contribution in [2.24, 2.45) is 17.8 Å². The predicted octanol–water partition coefficient (Wildman–Crippen LogP) is 2.93. The molecule has 4 rings (SSSR count). The third kappa shape index (κ3) is 1.83. The zero-order chi connectivity index (χ0) is 14.7. The number of carbonyl (C=O) groups is 2. The number of Topliss-reactive ketones (excluding diaryl/α,β-unsaturated/α-hetero) is 1. The van der Waals surface area contributed by atoms with Crippen molar-refractivity contribution in [1.29, 1.82) is 0 Å². The van der Waals surface area contributed by atoms with Gasteiger partial charge in [-0.05, 0) is 43.1 Å². The van der Waals surface area contributed by atoms with Gasteiger partial charge >= 0.3 is 0 Å². The first-order valence-corrected chi connectivity index (χ1v) is 7.40. The lowest BCUT2D eigenvalue weighted by Gasteiger charge is -2.27. The zero-order valence-corrected chi connectivity index (χ0v) is 11.4. The Bertz CT molecular complexity index is 658. The fraction of sp³-hybridized carbons (Fsp3) is 0.500.